The van der Waals surface area contributed by atoms with Crippen LogP contribution < -0.4 is 9.46 Å². The fraction of sp³-hybridized carbons (Fsp3) is 0.423. The number of sulfonamides is 1. The molecule has 2 N–H and O–H groups in total. The smallest absolute Gasteiger partial charge is 0.214 e. The molecule has 0 amide bonds. The van der Waals surface area contributed by atoms with Gasteiger partial charge in [-0.3, -0.25) is 0 Å². The van der Waals surface area contributed by atoms with E-state index in [2.05, 4.69) is 20.8 Å². The summed E-state index contributed by atoms with van der Waals surface area (Å²) in [7, 11) is -1.87. The molecule has 0 saturated heterocycles. The molecule has 2 aromatic heterocycles. The SMILES string of the molecule is CCOCCOCCS(=O)(=O)NC1CC=C(c2cc3c(-c4cc(F)ccc4OC)ccnc3[nH]2)CC1. The standard InChI is InChI=1S/C26H32FN3O5S/c1-3-34-12-13-35-14-15-36(31,32)30-20-7-4-18(5-8-20)24-17-23-21(10-11-28-26(23)29-24)22-16-19(27)6-9-25(22)33-2/h4,6,9-11,16-17,20,30H,3,5,7-8,12-15H2,1-2H3,(H,28,29). The normalized spacial score (nSPS) is 16.3. The number of benzene rings is 1. The molecule has 194 valence electrons. The van der Waals surface area contributed by atoms with Crippen LogP contribution in [0.25, 0.3) is 27.7 Å². The van der Waals surface area contributed by atoms with E-state index in [0.717, 1.165) is 22.2 Å². The first kappa shape index (κ1) is 26.3. The van der Waals surface area contributed by atoms with E-state index in [9.17, 15) is 12.8 Å². The summed E-state index contributed by atoms with van der Waals surface area (Å²) in [6.45, 7) is 3.48. The molecule has 0 radical (unpaired) electrons. The molecule has 0 aliphatic heterocycles. The van der Waals surface area contributed by atoms with Crippen LogP contribution in [0.4, 0.5) is 4.39 Å². The van der Waals surface area contributed by atoms with Crippen LogP contribution in [0.1, 0.15) is 31.9 Å². The Morgan fingerprint density at radius 1 is 1.14 bits per heavy atom. The Morgan fingerprint density at radius 2 is 1.97 bits per heavy atom. The maximum Gasteiger partial charge on any atom is 0.214 e. The van der Waals surface area contributed by atoms with Gasteiger partial charge in [0.05, 0.1) is 32.7 Å². The lowest BCUT2D eigenvalue weighted by Gasteiger charge is -2.22. The fourth-order valence-electron chi connectivity index (χ4n) is 4.36. The molecule has 0 spiro atoms. The highest BCUT2D eigenvalue weighted by atomic mass is 32.2. The van der Waals surface area contributed by atoms with Crippen molar-refractivity contribution in [1.82, 2.24) is 14.7 Å². The number of nitrogens with zero attached hydrogens (tertiary/aromatic N) is 1. The summed E-state index contributed by atoms with van der Waals surface area (Å²) in [5.74, 6) is 0.164. The van der Waals surface area contributed by atoms with Crippen molar-refractivity contribution in [3.05, 3.63) is 54.1 Å². The second kappa shape index (κ2) is 12.0. The number of allylic oxidation sites excluding steroid dienone is 1. The zero-order chi connectivity index (χ0) is 25.5. The van der Waals surface area contributed by atoms with Crippen LogP contribution in [-0.4, -0.2) is 63.7 Å². The lowest BCUT2D eigenvalue weighted by atomic mass is 9.93. The fourth-order valence-corrected chi connectivity index (χ4v) is 5.53. The first-order valence-corrected chi connectivity index (χ1v) is 13.7. The van der Waals surface area contributed by atoms with Gasteiger partial charge in [0.15, 0.2) is 0 Å². The van der Waals surface area contributed by atoms with Crippen molar-refractivity contribution in [3.8, 4) is 16.9 Å². The van der Waals surface area contributed by atoms with E-state index in [1.165, 1.54) is 12.1 Å². The van der Waals surface area contributed by atoms with Crippen molar-refractivity contribution in [2.24, 2.45) is 0 Å². The molecule has 1 unspecified atom stereocenters. The van der Waals surface area contributed by atoms with Gasteiger partial charge in [-0.1, -0.05) is 6.08 Å². The molecule has 1 aromatic carbocycles. The maximum absolute atomic E-state index is 14.0. The van der Waals surface area contributed by atoms with Gasteiger partial charge in [0.1, 0.15) is 17.2 Å². The summed E-state index contributed by atoms with van der Waals surface area (Å²) in [6, 6.07) is 8.15. The predicted octanol–water partition coefficient (Wildman–Crippen LogP) is 4.29. The maximum atomic E-state index is 14.0. The number of methoxy groups -OCH3 is 1. The summed E-state index contributed by atoms with van der Waals surface area (Å²) < 4.78 is 57.6. The second-order valence-corrected chi connectivity index (χ2v) is 10.5. The quantitative estimate of drug-likeness (QED) is 0.348. The minimum atomic E-state index is -3.43. The minimum Gasteiger partial charge on any atom is -0.496 e. The predicted molar refractivity (Wildman–Crippen MR) is 138 cm³/mol. The number of H-pyrrole nitrogens is 1. The van der Waals surface area contributed by atoms with Gasteiger partial charge in [-0.05, 0) is 67.7 Å². The number of fused-ring (bicyclic) bond motifs is 1. The third kappa shape index (κ3) is 6.50. The Bertz CT molecular complexity index is 1320. The lowest BCUT2D eigenvalue weighted by molar-refractivity contribution is 0.0590. The van der Waals surface area contributed by atoms with E-state index in [4.69, 9.17) is 14.2 Å². The van der Waals surface area contributed by atoms with Crippen LogP contribution in [0.3, 0.4) is 0 Å². The van der Waals surface area contributed by atoms with Crippen LogP contribution in [-0.2, 0) is 19.5 Å². The topological polar surface area (TPSA) is 103 Å². The van der Waals surface area contributed by atoms with E-state index in [0.29, 0.717) is 56.0 Å². The summed E-state index contributed by atoms with van der Waals surface area (Å²) in [6.07, 6.45) is 5.73. The largest absolute Gasteiger partial charge is 0.496 e. The average Bonchev–Trinajstić information content (AvgIpc) is 3.31. The number of ether oxygens (including phenoxy) is 3. The number of nitrogens with one attached hydrogen (secondary N) is 2. The van der Waals surface area contributed by atoms with Gasteiger partial charge in [-0.2, -0.15) is 0 Å². The highest BCUT2D eigenvalue weighted by molar-refractivity contribution is 7.89. The Morgan fingerprint density at radius 3 is 2.72 bits per heavy atom. The lowest BCUT2D eigenvalue weighted by Crippen LogP contribution is -2.38. The highest BCUT2D eigenvalue weighted by Crippen LogP contribution is 2.37. The molecule has 8 nitrogen and oxygen atoms in total. The molecule has 10 heteroatoms. The first-order valence-electron chi connectivity index (χ1n) is 12.1. The molecule has 36 heavy (non-hydrogen) atoms. The number of rotatable bonds is 12. The number of pyridine rings is 1. The molecule has 1 atom stereocenters. The number of aromatic amines is 1. The zero-order valence-corrected chi connectivity index (χ0v) is 21.4. The van der Waals surface area contributed by atoms with Crippen molar-refractivity contribution < 1.29 is 27.0 Å². The summed E-state index contributed by atoms with van der Waals surface area (Å²) >= 11 is 0. The molecule has 0 fully saturated rings. The Kier molecular flexibility index (Phi) is 8.73. The van der Waals surface area contributed by atoms with Gasteiger partial charge in [0.2, 0.25) is 10.0 Å². The van der Waals surface area contributed by atoms with Gasteiger partial charge >= 0.3 is 0 Å². The molecule has 0 bridgehead atoms. The third-order valence-corrected chi connectivity index (χ3v) is 7.56. The third-order valence-electron chi connectivity index (χ3n) is 6.16. The van der Waals surface area contributed by atoms with E-state index >= 15 is 0 Å². The minimum absolute atomic E-state index is 0.0772. The molecular weight excluding hydrogens is 485 g/mol. The van der Waals surface area contributed by atoms with E-state index in [1.54, 1.807) is 19.4 Å². The first-order chi connectivity index (χ1) is 17.4. The van der Waals surface area contributed by atoms with Crippen molar-refractivity contribution in [3.63, 3.8) is 0 Å². The number of hydrogen-bond acceptors (Lipinski definition) is 6. The van der Waals surface area contributed by atoms with Crippen LogP contribution in [0.5, 0.6) is 5.75 Å². The Hall–Kier alpha value is -2.79. The van der Waals surface area contributed by atoms with E-state index in [1.807, 2.05) is 19.1 Å². The van der Waals surface area contributed by atoms with Crippen LogP contribution in [0.15, 0.2) is 42.6 Å². The van der Waals surface area contributed by atoms with Gasteiger partial charge in [0, 0.05) is 35.5 Å². The second-order valence-electron chi connectivity index (χ2n) is 8.60. The number of aromatic nitrogens is 2. The molecule has 0 saturated carbocycles. The van der Waals surface area contributed by atoms with Gasteiger partial charge in [0.25, 0.3) is 0 Å². The molecule has 1 aliphatic rings. The summed E-state index contributed by atoms with van der Waals surface area (Å²) in [5.41, 5.74) is 4.19. The van der Waals surface area contributed by atoms with E-state index < -0.39 is 10.0 Å². The average molecular weight is 518 g/mol. The zero-order valence-electron chi connectivity index (χ0n) is 20.6. The molecule has 2 heterocycles. The Balaban J connectivity index is 1.43. The van der Waals surface area contributed by atoms with Crippen molar-refractivity contribution in [2.75, 3.05) is 39.3 Å². The molecular formula is C26H32FN3O5S. The number of halogens is 1. The molecule has 4 rings (SSSR count). The summed E-state index contributed by atoms with van der Waals surface area (Å²) in [5, 5.41) is 0.865. The Labute approximate surface area is 210 Å². The van der Waals surface area contributed by atoms with Crippen molar-refractivity contribution in [1.29, 1.82) is 0 Å². The van der Waals surface area contributed by atoms with E-state index in [-0.39, 0.29) is 24.2 Å². The highest BCUT2D eigenvalue weighted by Gasteiger charge is 2.22. The molecule has 1 aliphatic carbocycles. The van der Waals surface area contributed by atoms with Gasteiger partial charge in [-0.15, -0.1) is 0 Å². The van der Waals surface area contributed by atoms with Crippen LogP contribution >= 0.6 is 0 Å². The van der Waals surface area contributed by atoms with Crippen molar-refractivity contribution >= 4 is 26.6 Å². The van der Waals surface area contributed by atoms with Crippen LogP contribution in [0, 0.1) is 5.82 Å². The molecule has 3 aromatic rings. The van der Waals surface area contributed by atoms with Crippen molar-refractivity contribution in [2.45, 2.75) is 32.2 Å². The van der Waals surface area contributed by atoms with Gasteiger partial charge in [-0.25, -0.2) is 22.5 Å². The van der Waals surface area contributed by atoms with Gasteiger partial charge < -0.3 is 19.2 Å². The monoisotopic (exact) mass is 517 g/mol. The number of hydrogen-bond donors (Lipinski definition) is 2. The summed E-state index contributed by atoms with van der Waals surface area (Å²) in [4.78, 5) is 7.81. The van der Waals surface area contributed by atoms with Crippen LogP contribution in [0.2, 0.25) is 0 Å².